The van der Waals surface area contributed by atoms with Gasteiger partial charge in [0.15, 0.2) is 0 Å². The topological polar surface area (TPSA) is 84.9 Å². The number of anilines is 1. The van der Waals surface area contributed by atoms with Crippen LogP contribution in [0.2, 0.25) is 0 Å². The molecular weight excluding hydrogens is 452 g/mol. The van der Waals surface area contributed by atoms with Crippen LogP contribution in [0.4, 0.5) is 5.69 Å². The Morgan fingerprint density at radius 3 is 2.47 bits per heavy atom. The van der Waals surface area contributed by atoms with Crippen molar-refractivity contribution in [3.63, 3.8) is 0 Å². The smallest absolute Gasteiger partial charge is 0.264 e. The number of nitrogens with zero attached hydrogens (tertiary/aromatic N) is 1. The molecule has 7 nitrogen and oxygen atoms in total. The second-order valence-electron chi connectivity index (χ2n) is 8.07. The molecule has 0 fully saturated rings. The maximum atomic E-state index is 13.6. The lowest BCUT2D eigenvalue weighted by Gasteiger charge is -2.29. The van der Waals surface area contributed by atoms with E-state index in [1.165, 1.54) is 19.2 Å². The van der Waals surface area contributed by atoms with Crippen LogP contribution in [-0.2, 0) is 21.2 Å². The maximum absolute atomic E-state index is 13.6. The first-order valence-corrected chi connectivity index (χ1v) is 12.5. The molecule has 0 bridgehead atoms. The van der Waals surface area contributed by atoms with E-state index >= 15 is 0 Å². The average Bonchev–Trinajstić information content (AvgIpc) is 2.87. The summed E-state index contributed by atoms with van der Waals surface area (Å²) in [5.41, 5.74) is 2.47. The third-order valence-corrected chi connectivity index (χ3v) is 7.75. The van der Waals surface area contributed by atoms with Crippen LogP contribution in [0.1, 0.15) is 30.0 Å². The van der Waals surface area contributed by atoms with Crippen LogP contribution in [0.25, 0.3) is 0 Å². The van der Waals surface area contributed by atoms with Gasteiger partial charge in [-0.05, 0) is 66.8 Å². The van der Waals surface area contributed by atoms with Crippen molar-refractivity contribution in [1.82, 2.24) is 5.32 Å². The first-order chi connectivity index (χ1) is 16.4. The largest absolute Gasteiger partial charge is 0.497 e. The summed E-state index contributed by atoms with van der Waals surface area (Å²) in [6, 6.07) is 20.5. The fourth-order valence-electron chi connectivity index (χ4n) is 4.29. The molecule has 0 saturated carbocycles. The van der Waals surface area contributed by atoms with Gasteiger partial charge in [0.1, 0.15) is 18.0 Å². The van der Waals surface area contributed by atoms with E-state index in [1.807, 2.05) is 18.2 Å². The quantitative estimate of drug-likeness (QED) is 0.525. The zero-order chi connectivity index (χ0) is 24.1. The predicted molar refractivity (Wildman–Crippen MR) is 131 cm³/mol. The Balaban J connectivity index is 1.63. The standard InChI is InChI=1S/C26H28N2O5S/c1-32-20-15-16-22-19(17-20)9-8-12-23(22)27-26(29)18-28(24-13-6-7-14-25(24)33-2)34(30,31)21-10-4-3-5-11-21/h3-7,10-11,13-17,23H,8-9,12,18H2,1-2H3,(H,27,29). The maximum Gasteiger partial charge on any atom is 0.264 e. The monoisotopic (exact) mass is 480 g/mol. The van der Waals surface area contributed by atoms with Crippen LogP contribution in [0.3, 0.4) is 0 Å². The molecule has 4 rings (SSSR count). The molecule has 3 aromatic rings. The minimum Gasteiger partial charge on any atom is -0.497 e. The second kappa shape index (κ2) is 10.2. The van der Waals surface area contributed by atoms with Gasteiger partial charge < -0.3 is 14.8 Å². The molecule has 0 aliphatic heterocycles. The van der Waals surface area contributed by atoms with Crippen LogP contribution in [0, 0.1) is 0 Å². The number of nitrogens with one attached hydrogen (secondary N) is 1. The Morgan fingerprint density at radius 1 is 1.00 bits per heavy atom. The van der Waals surface area contributed by atoms with Gasteiger partial charge in [-0.2, -0.15) is 0 Å². The number of hydrogen-bond acceptors (Lipinski definition) is 5. The van der Waals surface area contributed by atoms with Crippen molar-refractivity contribution in [3.8, 4) is 11.5 Å². The summed E-state index contributed by atoms with van der Waals surface area (Å²) in [6.45, 7) is -0.375. The van der Waals surface area contributed by atoms with Gasteiger partial charge in [0.2, 0.25) is 5.91 Å². The molecule has 0 radical (unpaired) electrons. The highest BCUT2D eigenvalue weighted by atomic mass is 32.2. The van der Waals surface area contributed by atoms with Gasteiger partial charge in [0.05, 0.1) is 30.8 Å². The number of fused-ring (bicyclic) bond motifs is 1. The normalized spacial score (nSPS) is 15.2. The molecule has 0 saturated heterocycles. The Morgan fingerprint density at radius 2 is 1.74 bits per heavy atom. The van der Waals surface area contributed by atoms with Crippen molar-refractivity contribution < 1.29 is 22.7 Å². The van der Waals surface area contributed by atoms with Crippen LogP contribution in [0.5, 0.6) is 11.5 Å². The van der Waals surface area contributed by atoms with E-state index in [4.69, 9.17) is 9.47 Å². The summed E-state index contributed by atoms with van der Waals surface area (Å²) in [5.74, 6) is 0.756. The summed E-state index contributed by atoms with van der Waals surface area (Å²) in [4.78, 5) is 13.3. The molecule has 1 aliphatic carbocycles. The van der Waals surface area contributed by atoms with Crippen molar-refractivity contribution in [2.45, 2.75) is 30.2 Å². The van der Waals surface area contributed by atoms with Gasteiger partial charge in [-0.3, -0.25) is 9.10 Å². The fourth-order valence-corrected chi connectivity index (χ4v) is 5.75. The van der Waals surface area contributed by atoms with Crippen molar-refractivity contribution in [2.24, 2.45) is 0 Å². The highest BCUT2D eigenvalue weighted by Crippen LogP contribution is 2.34. The number of methoxy groups -OCH3 is 2. The first kappa shape index (κ1) is 23.6. The highest BCUT2D eigenvalue weighted by Gasteiger charge is 2.30. The average molecular weight is 481 g/mol. The zero-order valence-corrected chi connectivity index (χ0v) is 20.0. The summed E-state index contributed by atoms with van der Waals surface area (Å²) in [6.07, 6.45) is 2.61. The van der Waals surface area contributed by atoms with E-state index in [0.29, 0.717) is 11.4 Å². The number of sulfonamides is 1. The number of hydrogen-bond donors (Lipinski definition) is 1. The van der Waals surface area contributed by atoms with Gasteiger partial charge in [-0.15, -0.1) is 0 Å². The number of para-hydroxylation sites is 2. The Kier molecular flexibility index (Phi) is 7.07. The molecule has 178 valence electrons. The molecule has 1 atom stereocenters. The van der Waals surface area contributed by atoms with Gasteiger partial charge in [0, 0.05) is 0 Å². The summed E-state index contributed by atoms with van der Waals surface area (Å²) in [7, 11) is -0.916. The lowest BCUT2D eigenvalue weighted by molar-refractivity contribution is -0.120. The third-order valence-electron chi connectivity index (χ3n) is 5.97. The van der Waals surface area contributed by atoms with Gasteiger partial charge >= 0.3 is 0 Å². The van der Waals surface area contributed by atoms with Crippen LogP contribution >= 0.6 is 0 Å². The summed E-state index contributed by atoms with van der Waals surface area (Å²) >= 11 is 0. The Labute approximate surface area is 200 Å². The highest BCUT2D eigenvalue weighted by molar-refractivity contribution is 7.92. The molecule has 1 amide bonds. The molecule has 1 aliphatic rings. The minimum atomic E-state index is -4.02. The number of aryl methyl sites for hydroxylation is 1. The second-order valence-corrected chi connectivity index (χ2v) is 9.94. The van der Waals surface area contributed by atoms with E-state index in [-0.39, 0.29) is 23.4 Å². The van der Waals surface area contributed by atoms with E-state index in [9.17, 15) is 13.2 Å². The first-order valence-electron chi connectivity index (χ1n) is 11.1. The molecule has 34 heavy (non-hydrogen) atoms. The molecule has 0 heterocycles. The number of amides is 1. The number of carbonyl (C=O) groups is 1. The van der Waals surface area contributed by atoms with Crippen molar-refractivity contribution in [3.05, 3.63) is 83.9 Å². The van der Waals surface area contributed by atoms with Crippen molar-refractivity contribution in [2.75, 3.05) is 25.1 Å². The number of rotatable bonds is 8. The van der Waals surface area contributed by atoms with E-state index in [2.05, 4.69) is 5.32 Å². The SMILES string of the molecule is COc1ccc2c(c1)CCCC2NC(=O)CN(c1ccccc1OC)S(=O)(=O)c1ccccc1. The Bertz CT molecular complexity index is 1260. The summed E-state index contributed by atoms with van der Waals surface area (Å²) in [5, 5.41) is 3.05. The molecule has 3 aromatic carbocycles. The van der Waals surface area contributed by atoms with Crippen molar-refractivity contribution in [1.29, 1.82) is 0 Å². The Hall–Kier alpha value is -3.52. The molecular formula is C26H28N2O5S. The van der Waals surface area contributed by atoms with E-state index < -0.39 is 10.0 Å². The van der Waals surface area contributed by atoms with Crippen LogP contribution in [-0.4, -0.2) is 35.1 Å². The van der Waals surface area contributed by atoms with E-state index in [0.717, 1.165) is 40.4 Å². The summed E-state index contributed by atoms with van der Waals surface area (Å²) < 4.78 is 39.0. The van der Waals surface area contributed by atoms with Gasteiger partial charge in [-0.25, -0.2) is 8.42 Å². The number of benzene rings is 3. The van der Waals surface area contributed by atoms with Crippen molar-refractivity contribution >= 4 is 21.6 Å². The lowest BCUT2D eigenvalue weighted by atomic mass is 9.87. The van der Waals surface area contributed by atoms with E-state index in [1.54, 1.807) is 49.6 Å². The zero-order valence-electron chi connectivity index (χ0n) is 19.2. The lowest BCUT2D eigenvalue weighted by Crippen LogP contribution is -2.42. The van der Waals surface area contributed by atoms with Crippen LogP contribution in [0.15, 0.2) is 77.7 Å². The molecule has 1 unspecified atom stereocenters. The molecule has 0 spiro atoms. The van der Waals surface area contributed by atoms with Gasteiger partial charge in [-0.1, -0.05) is 36.4 Å². The predicted octanol–water partition coefficient (Wildman–Crippen LogP) is 4.09. The van der Waals surface area contributed by atoms with Crippen LogP contribution < -0.4 is 19.1 Å². The minimum absolute atomic E-state index is 0.101. The molecule has 0 aromatic heterocycles. The molecule has 1 N–H and O–H groups in total. The van der Waals surface area contributed by atoms with Gasteiger partial charge in [0.25, 0.3) is 10.0 Å². The third kappa shape index (κ3) is 4.87. The number of ether oxygens (including phenoxy) is 2. The number of carbonyl (C=O) groups excluding carboxylic acids is 1. The fraction of sp³-hybridized carbons (Fsp3) is 0.269. The molecule has 8 heteroatoms.